The third-order valence-electron chi connectivity index (χ3n) is 5.30. The maximum Gasteiger partial charge on any atom is 0.345 e. The van der Waals surface area contributed by atoms with Gasteiger partial charge in [-0.15, -0.1) is 0 Å². The van der Waals surface area contributed by atoms with E-state index < -0.39 is 18.0 Å². The van der Waals surface area contributed by atoms with Gasteiger partial charge in [0, 0.05) is 5.39 Å². The quantitative estimate of drug-likeness (QED) is 0.146. The minimum Gasteiger partial charge on any atom is -0.493 e. The molecule has 8 heteroatoms. The summed E-state index contributed by atoms with van der Waals surface area (Å²) < 4.78 is 16.6. The minimum absolute atomic E-state index is 0.223. The minimum atomic E-state index is -0.769. The molecular weight excluding hydrogens is 480 g/mol. The zero-order valence-electron chi connectivity index (χ0n) is 19.6. The number of methoxy groups -OCH3 is 1. The van der Waals surface area contributed by atoms with Crippen molar-refractivity contribution < 1.29 is 23.8 Å². The fourth-order valence-corrected chi connectivity index (χ4v) is 3.65. The molecule has 0 aliphatic rings. The van der Waals surface area contributed by atoms with E-state index in [0.29, 0.717) is 22.1 Å². The molecule has 7 nitrogen and oxygen atoms in total. The van der Waals surface area contributed by atoms with E-state index in [2.05, 4.69) is 10.5 Å². The van der Waals surface area contributed by atoms with Crippen LogP contribution < -0.4 is 19.6 Å². The number of carbonyl (C=O) groups is 2. The molecule has 0 saturated heterocycles. The second kappa shape index (κ2) is 11.4. The van der Waals surface area contributed by atoms with Crippen LogP contribution in [0.5, 0.6) is 17.2 Å². The van der Waals surface area contributed by atoms with E-state index in [-0.39, 0.29) is 11.3 Å². The SMILES string of the molecule is COc1cc(/C=N\NC(=O)[C@@H](C)Oc2cccc3ccccc23)ccc1OC(=O)c1ccccc1Cl. The number of halogens is 1. The lowest BCUT2D eigenvalue weighted by Crippen LogP contribution is -2.33. The van der Waals surface area contributed by atoms with Gasteiger partial charge < -0.3 is 14.2 Å². The van der Waals surface area contributed by atoms with Gasteiger partial charge in [-0.3, -0.25) is 4.79 Å². The molecule has 0 fully saturated rings. The molecule has 0 unspecified atom stereocenters. The summed E-state index contributed by atoms with van der Waals surface area (Å²) in [6.45, 7) is 1.65. The normalized spacial score (nSPS) is 11.8. The van der Waals surface area contributed by atoms with Crippen molar-refractivity contribution in [3.8, 4) is 17.2 Å². The van der Waals surface area contributed by atoms with E-state index in [0.717, 1.165) is 10.8 Å². The van der Waals surface area contributed by atoms with Crippen molar-refractivity contribution in [1.82, 2.24) is 5.43 Å². The second-order valence-corrected chi connectivity index (χ2v) is 8.16. The van der Waals surface area contributed by atoms with Crippen LogP contribution in [0.2, 0.25) is 5.02 Å². The Hall–Kier alpha value is -4.36. The molecule has 0 aromatic heterocycles. The van der Waals surface area contributed by atoms with Crippen molar-refractivity contribution in [3.63, 3.8) is 0 Å². The Bertz CT molecular complexity index is 1430. The van der Waals surface area contributed by atoms with E-state index in [4.69, 9.17) is 25.8 Å². The number of hydrazone groups is 1. The van der Waals surface area contributed by atoms with Crippen molar-refractivity contribution in [2.24, 2.45) is 5.10 Å². The molecule has 0 spiro atoms. The van der Waals surface area contributed by atoms with Crippen molar-refractivity contribution >= 4 is 40.5 Å². The van der Waals surface area contributed by atoms with E-state index in [9.17, 15) is 9.59 Å². The maximum absolute atomic E-state index is 12.5. The van der Waals surface area contributed by atoms with Gasteiger partial charge >= 0.3 is 5.97 Å². The monoisotopic (exact) mass is 502 g/mol. The van der Waals surface area contributed by atoms with Crippen LogP contribution in [0.1, 0.15) is 22.8 Å². The van der Waals surface area contributed by atoms with E-state index in [1.54, 1.807) is 49.4 Å². The summed E-state index contributed by atoms with van der Waals surface area (Å²) in [7, 11) is 1.46. The van der Waals surface area contributed by atoms with Crippen molar-refractivity contribution in [3.05, 3.63) is 101 Å². The average molecular weight is 503 g/mol. The summed E-state index contributed by atoms with van der Waals surface area (Å²) >= 11 is 6.07. The lowest BCUT2D eigenvalue weighted by Gasteiger charge is -2.14. The highest BCUT2D eigenvalue weighted by atomic mass is 35.5. The molecule has 0 bridgehead atoms. The topological polar surface area (TPSA) is 86.2 Å². The van der Waals surface area contributed by atoms with Crippen LogP contribution in [0.4, 0.5) is 0 Å². The second-order valence-electron chi connectivity index (χ2n) is 7.75. The molecule has 36 heavy (non-hydrogen) atoms. The van der Waals surface area contributed by atoms with Crippen LogP contribution in [0.3, 0.4) is 0 Å². The highest BCUT2D eigenvalue weighted by Crippen LogP contribution is 2.29. The predicted molar refractivity (Wildman–Crippen MR) is 139 cm³/mol. The molecule has 4 aromatic rings. The average Bonchev–Trinajstić information content (AvgIpc) is 2.89. The molecular formula is C28H23ClN2O5. The van der Waals surface area contributed by atoms with Gasteiger partial charge in [0.25, 0.3) is 5.91 Å². The number of ether oxygens (including phenoxy) is 3. The molecule has 4 rings (SSSR count). The van der Waals surface area contributed by atoms with Crippen molar-refractivity contribution in [2.75, 3.05) is 7.11 Å². The summed E-state index contributed by atoms with van der Waals surface area (Å²) in [6, 6.07) is 24.9. The van der Waals surface area contributed by atoms with Gasteiger partial charge in [-0.05, 0) is 54.3 Å². The highest BCUT2D eigenvalue weighted by molar-refractivity contribution is 6.33. The first kappa shape index (κ1) is 24.8. The third kappa shape index (κ3) is 5.82. The van der Waals surface area contributed by atoms with Gasteiger partial charge in [0.1, 0.15) is 5.75 Å². The molecule has 0 heterocycles. The number of fused-ring (bicyclic) bond motifs is 1. The molecule has 0 aliphatic carbocycles. The number of rotatable bonds is 8. The van der Waals surface area contributed by atoms with Gasteiger partial charge in [0.05, 0.1) is 23.9 Å². The molecule has 4 aromatic carbocycles. The standard InChI is InChI=1S/C28H23ClN2O5/c1-18(35-24-13-7-9-20-8-3-4-10-21(20)24)27(32)31-30-17-19-14-15-25(26(16-19)34-2)36-28(33)22-11-5-6-12-23(22)29/h3-18H,1-2H3,(H,31,32)/b30-17-/t18-/m1/s1. The van der Waals surface area contributed by atoms with Gasteiger partial charge in [0.15, 0.2) is 17.6 Å². The molecule has 0 radical (unpaired) electrons. The Balaban J connectivity index is 1.38. The Labute approximate surface area is 213 Å². The Kier molecular flexibility index (Phi) is 7.82. The van der Waals surface area contributed by atoms with Crippen molar-refractivity contribution in [1.29, 1.82) is 0 Å². The molecule has 1 N–H and O–H groups in total. The van der Waals surface area contributed by atoms with Gasteiger partial charge in [-0.2, -0.15) is 5.10 Å². The number of esters is 1. The van der Waals surface area contributed by atoms with E-state index in [1.165, 1.54) is 13.3 Å². The third-order valence-corrected chi connectivity index (χ3v) is 5.62. The maximum atomic E-state index is 12.5. The lowest BCUT2D eigenvalue weighted by atomic mass is 10.1. The highest BCUT2D eigenvalue weighted by Gasteiger charge is 2.17. The lowest BCUT2D eigenvalue weighted by molar-refractivity contribution is -0.127. The number of hydrogen-bond acceptors (Lipinski definition) is 6. The summed E-state index contributed by atoms with van der Waals surface area (Å²) in [4.78, 5) is 24.9. The first-order valence-corrected chi connectivity index (χ1v) is 11.5. The first-order chi connectivity index (χ1) is 17.5. The largest absolute Gasteiger partial charge is 0.493 e. The summed E-state index contributed by atoms with van der Waals surface area (Å²) in [5.74, 6) is 0.148. The molecule has 0 aliphatic heterocycles. The fraction of sp³-hybridized carbons (Fsp3) is 0.107. The van der Waals surface area contributed by atoms with E-state index >= 15 is 0 Å². The van der Waals surface area contributed by atoms with Crippen LogP contribution in [-0.4, -0.2) is 31.3 Å². The fourth-order valence-electron chi connectivity index (χ4n) is 3.43. The van der Waals surface area contributed by atoms with Crippen LogP contribution in [0, 0.1) is 0 Å². The number of amides is 1. The summed E-state index contributed by atoms with van der Waals surface area (Å²) in [5, 5.41) is 6.24. The molecule has 0 saturated carbocycles. The Morgan fingerprint density at radius 3 is 2.47 bits per heavy atom. The zero-order chi connectivity index (χ0) is 25.5. The van der Waals surface area contributed by atoms with Gasteiger partial charge in [-0.1, -0.05) is 60.1 Å². The zero-order valence-corrected chi connectivity index (χ0v) is 20.4. The first-order valence-electron chi connectivity index (χ1n) is 11.1. The molecule has 182 valence electrons. The van der Waals surface area contributed by atoms with Crippen LogP contribution in [-0.2, 0) is 4.79 Å². The van der Waals surface area contributed by atoms with Crippen LogP contribution >= 0.6 is 11.6 Å². The molecule has 1 amide bonds. The van der Waals surface area contributed by atoms with Crippen LogP contribution in [0.15, 0.2) is 90.0 Å². The number of carbonyl (C=O) groups excluding carboxylic acids is 2. The van der Waals surface area contributed by atoms with Gasteiger partial charge in [0.2, 0.25) is 0 Å². The molecule has 1 atom stereocenters. The number of nitrogens with zero attached hydrogens (tertiary/aromatic N) is 1. The summed E-state index contributed by atoms with van der Waals surface area (Å²) in [6.07, 6.45) is 0.680. The number of hydrogen-bond donors (Lipinski definition) is 1. The summed E-state index contributed by atoms with van der Waals surface area (Å²) in [5.41, 5.74) is 3.34. The predicted octanol–water partition coefficient (Wildman–Crippen LogP) is 5.64. The van der Waals surface area contributed by atoms with Gasteiger partial charge in [-0.25, -0.2) is 10.2 Å². The van der Waals surface area contributed by atoms with Crippen molar-refractivity contribution in [2.45, 2.75) is 13.0 Å². The number of benzene rings is 4. The van der Waals surface area contributed by atoms with Crippen LogP contribution in [0.25, 0.3) is 10.8 Å². The smallest absolute Gasteiger partial charge is 0.345 e. The Morgan fingerprint density at radius 2 is 1.67 bits per heavy atom. The Morgan fingerprint density at radius 1 is 0.917 bits per heavy atom. The van der Waals surface area contributed by atoms with E-state index in [1.807, 2.05) is 42.5 Å². The number of nitrogens with one attached hydrogen (secondary N) is 1.